The molecule has 3 aromatic carbocycles. The normalized spacial score (nSPS) is 12.2. The molecule has 0 radical (unpaired) electrons. The Balaban J connectivity index is 1.81. The van der Waals surface area contributed by atoms with Gasteiger partial charge in [0, 0.05) is 6.54 Å². The Kier molecular flexibility index (Phi) is 9.01. The van der Waals surface area contributed by atoms with Gasteiger partial charge >= 0.3 is 5.97 Å². The van der Waals surface area contributed by atoms with Crippen molar-refractivity contribution in [3.05, 3.63) is 109 Å². The summed E-state index contributed by atoms with van der Waals surface area (Å²) in [7, 11) is -2.67. The van der Waals surface area contributed by atoms with Crippen LogP contribution in [0, 0.1) is 0 Å². The van der Waals surface area contributed by atoms with Gasteiger partial charge in [-0.25, -0.2) is 8.42 Å². The fourth-order valence-corrected chi connectivity index (χ4v) is 5.13. The minimum absolute atomic E-state index is 0.110. The predicted octanol–water partition coefficient (Wildman–Crippen LogP) is 4.62. The van der Waals surface area contributed by atoms with E-state index in [1.54, 1.807) is 24.3 Å². The number of methoxy groups -OCH3 is 1. The van der Waals surface area contributed by atoms with Crippen molar-refractivity contribution in [3.8, 4) is 5.75 Å². The summed E-state index contributed by atoms with van der Waals surface area (Å²) in [5.41, 5.74) is 1.84. The molecule has 0 heterocycles. The standard InChI is InChI=1S/C27H29NO5S/c1-3-4-19-28(34(30,31)25-13-9-6-10-14-25)26(27(29)32-2)20-22-15-17-24(18-16-22)33-21-23-11-7-5-8-12-23/h3,5-18,26H,1,4,19-21H2,2H3/t26-/m0/s1. The zero-order valence-electron chi connectivity index (χ0n) is 19.2. The molecule has 0 bridgehead atoms. The van der Waals surface area contributed by atoms with Crippen LogP contribution >= 0.6 is 0 Å². The Morgan fingerprint density at radius 2 is 1.56 bits per heavy atom. The first-order valence-corrected chi connectivity index (χ1v) is 12.4. The summed E-state index contributed by atoms with van der Waals surface area (Å²) in [4.78, 5) is 12.9. The van der Waals surface area contributed by atoms with Gasteiger partial charge in [0.25, 0.3) is 0 Å². The summed E-state index contributed by atoms with van der Waals surface area (Å²) in [5.74, 6) is 0.0654. The minimum atomic E-state index is -3.94. The lowest BCUT2D eigenvalue weighted by Gasteiger charge is -2.29. The quantitative estimate of drug-likeness (QED) is 0.280. The van der Waals surface area contributed by atoms with Crippen molar-refractivity contribution in [2.24, 2.45) is 0 Å². The van der Waals surface area contributed by atoms with E-state index in [9.17, 15) is 13.2 Å². The van der Waals surface area contributed by atoms with Crippen LogP contribution in [0.3, 0.4) is 0 Å². The second-order valence-electron chi connectivity index (χ2n) is 7.67. The molecule has 178 valence electrons. The number of benzene rings is 3. The van der Waals surface area contributed by atoms with Gasteiger partial charge in [-0.05, 0) is 48.2 Å². The van der Waals surface area contributed by atoms with Gasteiger partial charge in [0.1, 0.15) is 18.4 Å². The Bertz CT molecular complexity index is 1160. The van der Waals surface area contributed by atoms with Crippen LogP contribution in [0.25, 0.3) is 0 Å². The Morgan fingerprint density at radius 1 is 0.941 bits per heavy atom. The highest BCUT2D eigenvalue weighted by Gasteiger charge is 2.36. The highest BCUT2D eigenvalue weighted by Crippen LogP contribution is 2.23. The molecule has 0 saturated carbocycles. The van der Waals surface area contributed by atoms with E-state index in [1.807, 2.05) is 54.6 Å². The molecule has 3 aromatic rings. The van der Waals surface area contributed by atoms with Crippen molar-refractivity contribution < 1.29 is 22.7 Å². The van der Waals surface area contributed by atoms with Gasteiger partial charge in [-0.1, -0.05) is 66.7 Å². The van der Waals surface area contributed by atoms with E-state index in [0.29, 0.717) is 18.8 Å². The number of ether oxygens (including phenoxy) is 2. The molecule has 0 fully saturated rings. The average molecular weight is 480 g/mol. The third kappa shape index (κ3) is 6.56. The van der Waals surface area contributed by atoms with Crippen LogP contribution in [-0.2, 0) is 32.6 Å². The van der Waals surface area contributed by atoms with Crippen LogP contribution in [0.15, 0.2) is 102 Å². The number of hydrogen-bond donors (Lipinski definition) is 0. The van der Waals surface area contributed by atoms with Gasteiger partial charge in [0.15, 0.2) is 0 Å². The number of nitrogens with zero attached hydrogens (tertiary/aromatic N) is 1. The number of esters is 1. The Hall–Kier alpha value is -3.42. The third-order valence-corrected chi connectivity index (χ3v) is 7.25. The van der Waals surface area contributed by atoms with Gasteiger partial charge in [0.05, 0.1) is 12.0 Å². The van der Waals surface area contributed by atoms with Crippen LogP contribution in [0.5, 0.6) is 5.75 Å². The Morgan fingerprint density at radius 3 is 2.15 bits per heavy atom. The lowest BCUT2D eigenvalue weighted by Crippen LogP contribution is -2.47. The average Bonchev–Trinajstić information content (AvgIpc) is 2.88. The first kappa shape index (κ1) is 25.2. The molecule has 0 amide bonds. The highest BCUT2D eigenvalue weighted by molar-refractivity contribution is 7.89. The molecule has 6 nitrogen and oxygen atoms in total. The topological polar surface area (TPSA) is 72.9 Å². The first-order valence-electron chi connectivity index (χ1n) is 11.0. The summed E-state index contributed by atoms with van der Waals surface area (Å²) < 4.78 is 38.9. The van der Waals surface area contributed by atoms with E-state index in [2.05, 4.69) is 6.58 Å². The zero-order valence-corrected chi connectivity index (χ0v) is 20.0. The molecule has 0 aromatic heterocycles. The monoisotopic (exact) mass is 479 g/mol. The van der Waals surface area contributed by atoms with Crippen LogP contribution in [0.1, 0.15) is 17.5 Å². The van der Waals surface area contributed by atoms with E-state index < -0.39 is 22.0 Å². The highest BCUT2D eigenvalue weighted by atomic mass is 32.2. The van der Waals surface area contributed by atoms with E-state index >= 15 is 0 Å². The molecule has 0 spiro atoms. The predicted molar refractivity (Wildman–Crippen MR) is 132 cm³/mol. The maximum Gasteiger partial charge on any atom is 0.324 e. The number of carbonyl (C=O) groups is 1. The van der Waals surface area contributed by atoms with Crippen molar-refractivity contribution in [2.45, 2.75) is 30.4 Å². The number of hydrogen-bond acceptors (Lipinski definition) is 5. The largest absolute Gasteiger partial charge is 0.489 e. The minimum Gasteiger partial charge on any atom is -0.489 e. The molecular weight excluding hydrogens is 450 g/mol. The fraction of sp³-hybridized carbons (Fsp3) is 0.222. The molecule has 3 rings (SSSR count). The van der Waals surface area contributed by atoms with Gasteiger partial charge in [-0.15, -0.1) is 6.58 Å². The van der Waals surface area contributed by atoms with Crippen molar-refractivity contribution in [1.29, 1.82) is 0 Å². The Labute approximate surface area is 201 Å². The molecule has 0 aliphatic heterocycles. The molecule has 0 aliphatic rings. The molecule has 0 N–H and O–H groups in total. The van der Waals surface area contributed by atoms with E-state index in [-0.39, 0.29) is 17.9 Å². The maximum absolute atomic E-state index is 13.4. The summed E-state index contributed by atoms with van der Waals surface area (Å²) in [6.45, 7) is 4.24. The van der Waals surface area contributed by atoms with E-state index in [1.165, 1.54) is 23.5 Å². The molecular formula is C27H29NO5S. The van der Waals surface area contributed by atoms with Gasteiger partial charge in [-0.2, -0.15) is 4.31 Å². The molecule has 7 heteroatoms. The molecule has 0 saturated heterocycles. The summed E-state index contributed by atoms with van der Waals surface area (Å²) in [5, 5.41) is 0. The molecule has 34 heavy (non-hydrogen) atoms. The summed E-state index contributed by atoms with van der Waals surface area (Å²) in [6, 6.07) is 24.2. The van der Waals surface area contributed by atoms with Crippen molar-refractivity contribution in [1.82, 2.24) is 4.31 Å². The molecule has 1 atom stereocenters. The molecule has 0 unspecified atom stereocenters. The third-order valence-electron chi connectivity index (χ3n) is 5.33. The maximum atomic E-state index is 13.4. The summed E-state index contributed by atoms with van der Waals surface area (Å²) >= 11 is 0. The lowest BCUT2D eigenvalue weighted by atomic mass is 10.1. The van der Waals surface area contributed by atoms with Crippen LogP contribution < -0.4 is 4.74 Å². The smallest absolute Gasteiger partial charge is 0.324 e. The fourth-order valence-electron chi connectivity index (χ4n) is 3.51. The van der Waals surface area contributed by atoms with E-state index in [0.717, 1.165) is 11.1 Å². The van der Waals surface area contributed by atoms with Gasteiger partial charge in [0.2, 0.25) is 10.0 Å². The molecule has 0 aliphatic carbocycles. The summed E-state index contributed by atoms with van der Waals surface area (Å²) in [6.07, 6.45) is 2.18. The second-order valence-corrected chi connectivity index (χ2v) is 9.56. The van der Waals surface area contributed by atoms with Crippen molar-refractivity contribution in [2.75, 3.05) is 13.7 Å². The SMILES string of the molecule is C=CCCN([C@@H](Cc1ccc(OCc2ccccc2)cc1)C(=O)OC)S(=O)(=O)c1ccccc1. The van der Waals surface area contributed by atoms with Crippen LogP contribution in [-0.4, -0.2) is 38.4 Å². The van der Waals surface area contributed by atoms with Gasteiger partial charge in [-0.3, -0.25) is 4.79 Å². The van der Waals surface area contributed by atoms with Crippen molar-refractivity contribution >= 4 is 16.0 Å². The number of sulfonamides is 1. The van der Waals surface area contributed by atoms with Crippen LogP contribution in [0.2, 0.25) is 0 Å². The van der Waals surface area contributed by atoms with Crippen LogP contribution in [0.4, 0.5) is 0 Å². The number of carbonyl (C=O) groups excluding carboxylic acids is 1. The second kappa shape index (κ2) is 12.2. The zero-order chi connectivity index (χ0) is 24.4. The number of rotatable bonds is 12. The lowest BCUT2D eigenvalue weighted by molar-refractivity contribution is -0.145. The van der Waals surface area contributed by atoms with E-state index in [4.69, 9.17) is 9.47 Å². The first-order chi connectivity index (χ1) is 16.5. The van der Waals surface area contributed by atoms with Crippen molar-refractivity contribution in [3.63, 3.8) is 0 Å². The van der Waals surface area contributed by atoms with Gasteiger partial charge < -0.3 is 9.47 Å².